The lowest BCUT2D eigenvalue weighted by Crippen LogP contribution is -2.12. The fourth-order valence-electron chi connectivity index (χ4n) is 6.23. The number of aryl methyl sites for hydroxylation is 1. The molecule has 0 saturated heterocycles. The number of hydrogen-bond donors (Lipinski definition) is 0. The maximum Gasteiger partial charge on any atom is 0.160 e. The molecule has 0 bridgehead atoms. The van der Waals surface area contributed by atoms with Gasteiger partial charge in [0.1, 0.15) is 0 Å². The van der Waals surface area contributed by atoms with Crippen molar-refractivity contribution >= 4 is 33.4 Å². The number of nitrogens with zero attached hydrogens (tertiary/aromatic N) is 4. The predicted octanol–water partition coefficient (Wildman–Crippen LogP) is 11.0. The van der Waals surface area contributed by atoms with E-state index in [0.717, 1.165) is 79.2 Å². The molecule has 0 radical (unpaired) electrons. The van der Waals surface area contributed by atoms with Crippen molar-refractivity contribution in [1.29, 1.82) is 0 Å². The van der Waals surface area contributed by atoms with Crippen molar-refractivity contribution in [2.45, 2.75) is 33.1 Å². The summed E-state index contributed by atoms with van der Waals surface area (Å²) in [6.45, 7) is 10.5. The molecule has 7 rings (SSSR count). The van der Waals surface area contributed by atoms with Gasteiger partial charge in [0.05, 0.1) is 22.6 Å². The standard InChI is InChI=1S/C43H36N4/c1-5-13-34(24-29(3)38-27-40(31-14-8-6-9-15-31)47-43(46-38)33-16-10-7-11-17-33)35-18-12-19-36(26-35)39-25-28(2)37-23-22-32-21-20-30(4)44-41(32)42(37)45-39/h5-24,26-28H,1,25H2,2-4H3/b29-24+,34-13+. The van der Waals surface area contributed by atoms with Gasteiger partial charge in [-0.3, -0.25) is 9.98 Å². The Morgan fingerprint density at radius 2 is 1.49 bits per heavy atom. The van der Waals surface area contributed by atoms with Crippen LogP contribution in [0.3, 0.4) is 0 Å². The summed E-state index contributed by atoms with van der Waals surface area (Å²) in [6.07, 6.45) is 6.95. The highest BCUT2D eigenvalue weighted by molar-refractivity contribution is 6.07. The second-order valence-corrected chi connectivity index (χ2v) is 12.2. The van der Waals surface area contributed by atoms with E-state index in [9.17, 15) is 0 Å². The Bertz CT molecular complexity index is 2150. The van der Waals surface area contributed by atoms with Gasteiger partial charge in [0.2, 0.25) is 0 Å². The van der Waals surface area contributed by atoms with Crippen LogP contribution >= 0.6 is 0 Å². The Labute approximate surface area is 276 Å². The summed E-state index contributed by atoms with van der Waals surface area (Å²) >= 11 is 0. The van der Waals surface area contributed by atoms with Crippen molar-refractivity contribution in [3.63, 3.8) is 0 Å². The van der Waals surface area contributed by atoms with Crippen LogP contribution in [0.5, 0.6) is 0 Å². The smallest absolute Gasteiger partial charge is 0.160 e. The van der Waals surface area contributed by atoms with Gasteiger partial charge in [-0.25, -0.2) is 9.97 Å². The lowest BCUT2D eigenvalue weighted by atomic mass is 9.87. The Morgan fingerprint density at radius 3 is 2.26 bits per heavy atom. The molecule has 0 aliphatic carbocycles. The van der Waals surface area contributed by atoms with Crippen LogP contribution in [0.1, 0.15) is 54.3 Å². The van der Waals surface area contributed by atoms with Gasteiger partial charge in [0, 0.05) is 27.9 Å². The van der Waals surface area contributed by atoms with E-state index in [-0.39, 0.29) is 0 Å². The van der Waals surface area contributed by atoms with Crippen LogP contribution in [0.2, 0.25) is 0 Å². The van der Waals surface area contributed by atoms with E-state index in [1.807, 2.05) is 49.4 Å². The van der Waals surface area contributed by atoms with Gasteiger partial charge in [-0.05, 0) is 78.3 Å². The second-order valence-electron chi connectivity index (χ2n) is 12.2. The van der Waals surface area contributed by atoms with Gasteiger partial charge < -0.3 is 0 Å². The number of hydrogen-bond acceptors (Lipinski definition) is 4. The van der Waals surface area contributed by atoms with Gasteiger partial charge in [-0.2, -0.15) is 0 Å². The summed E-state index contributed by atoms with van der Waals surface area (Å²) in [5.74, 6) is 1.04. The minimum Gasteiger partial charge on any atom is -0.251 e. The van der Waals surface area contributed by atoms with Crippen molar-refractivity contribution < 1.29 is 0 Å². The van der Waals surface area contributed by atoms with Crippen LogP contribution in [0.25, 0.3) is 44.7 Å². The highest BCUT2D eigenvalue weighted by Gasteiger charge is 2.23. The lowest BCUT2D eigenvalue weighted by molar-refractivity contribution is 0.793. The average molecular weight is 609 g/mol. The van der Waals surface area contributed by atoms with Crippen LogP contribution in [0.15, 0.2) is 145 Å². The van der Waals surface area contributed by atoms with Crippen LogP contribution < -0.4 is 0 Å². The fourth-order valence-corrected chi connectivity index (χ4v) is 6.23. The Hall–Kier alpha value is -5.74. The number of pyridine rings is 1. The normalized spacial score (nSPS) is 14.9. The monoisotopic (exact) mass is 608 g/mol. The molecule has 228 valence electrons. The number of aromatic nitrogens is 3. The van der Waals surface area contributed by atoms with Crippen molar-refractivity contribution in [3.05, 3.63) is 168 Å². The number of allylic oxidation sites excluding steroid dienone is 5. The minimum atomic E-state index is 0.341. The molecule has 0 spiro atoms. The molecule has 6 aromatic rings. The highest BCUT2D eigenvalue weighted by Crippen LogP contribution is 2.40. The molecule has 4 aromatic carbocycles. The van der Waals surface area contributed by atoms with E-state index in [1.165, 1.54) is 5.56 Å². The van der Waals surface area contributed by atoms with Crippen LogP contribution in [0, 0.1) is 6.92 Å². The molecule has 2 aromatic heterocycles. The average Bonchev–Trinajstić information content (AvgIpc) is 3.12. The maximum absolute atomic E-state index is 5.25. The fraction of sp³-hybridized carbons (Fsp3) is 0.116. The Balaban J connectivity index is 1.28. The largest absolute Gasteiger partial charge is 0.251 e. The molecule has 0 saturated carbocycles. The first-order valence-corrected chi connectivity index (χ1v) is 16.1. The van der Waals surface area contributed by atoms with Crippen LogP contribution in [-0.2, 0) is 0 Å². The van der Waals surface area contributed by atoms with Gasteiger partial charge in [0.15, 0.2) is 5.82 Å². The van der Waals surface area contributed by atoms with Crippen molar-refractivity contribution in [3.8, 4) is 22.6 Å². The zero-order chi connectivity index (χ0) is 32.3. The Kier molecular flexibility index (Phi) is 8.24. The summed E-state index contributed by atoms with van der Waals surface area (Å²) in [7, 11) is 0. The SMILES string of the molecule is C=C/C=C(\C=C(/C)c1cc(-c2ccccc2)nc(-c2ccccc2)n1)c1cccc(C2=Nc3c(ccc4ccc(C)nc34)C(C)C2)c1. The van der Waals surface area contributed by atoms with E-state index in [2.05, 4.69) is 111 Å². The molecule has 0 amide bonds. The molecule has 1 unspecified atom stereocenters. The molecule has 3 heterocycles. The molecule has 0 N–H and O–H groups in total. The Morgan fingerprint density at radius 1 is 0.766 bits per heavy atom. The molecule has 4 heteroatoms. The topological polar surface area (TPSA) is 51.0 Å². The third-order valence-corrected chi connectivity index (χ3v) is 8.71. The molecule has 1 aliphatic rings. The third-order valence-electron chi connectivity index (χ3n) is 8.71. The zero-order valence-corrected chi connectivity index (χ0v) is 27.0. The minimum absolute atomic E-state index is 0.341. The highest BCUT2D eigenvalue weighted by atomic mass is 14.9. The van der Waals surface area contributed by atoms with Crippen molar-refractivity contribution in [1.82, 2.24) is 15.0 Å². The number of fused-ring (bicyclic) bond motifs is 3. The maximum atomic E-state index is 5.25. The summed E-state index contributed by atoms with van der Waals surface area (Å²) in [6, 6.07) is 39.7. The molecule has 1 aliphatic heterocycles. The quantitative estimate of drug-likeness (QED) is 0.169. The van der Waals surface area contributed by atoms with Crippen molar-refractivity contribution in [2.24, 2.45) is 4.99 Å². The van der Waals surface area contributed by atoms with E-state index < -0.39 is 0 Å². The molecular formula is C43H36N4. The molecule has 1 atom stereocenters. The third kappa shape index (κ3) is 6.23. The molecule has 4 nitrogen and oxygen atoms in total. The first kappa shape index (κ1) is 29.9. The van der Waals surface area contributed by atoms with E-state index >= 15 is 0 Å². The van der Waals surface area contributed by atoms with Gasteiger partial charge in [0.25, 0.3) is 0 Å². The molecule has 0 fully saturated rings. The second kappa shape index (κ2) is 12.9. The van der Waals surface area contributed by atoms with Crippen LogP contribution in [-0.4, -0.2) is 20.7 Å². The number of benzene rings is 4. The van der Waals surface area contributed by atoms with E-state index in [4.69, 9.17) is 19.9 Å². The number of aliphatic imine (C=N–C) groups is 1. The van der Waals surface area contributed by atoms with Gasteiger partial charge >= 0.3 is 0 Å². The summed E-state index contributed by atoms with van der Waals surface area (Å²) < 4.78 is 0. The van der Waals surface area contributed by atoms with Crippen LogP contribution in [0.4, 0.5) is 5.69 Å². The molecule has 47 heavy (non-hydrogen) atoms. The first-order valence-electron chi connectivity index (χ1n) is 16.1. The molecular weight excluding hydrogens is 573 g/mol. The van der Waals surface area contributed by atoms with E-state index in [1.54, 1.807) is 0 Å². The van der Waals surface area contributed by atoms with E-state index in [0.29, 0.717) is 11.7 Å². The summed E-state index contributed by atoms with van der Waals surface area (Å²) in [4.78, 5) is 20.1. The van der Waals surface area contributed by atoms with Gasteiger partial charge in [-0.15, -0.1) is 0 Å². The lowest BCUT2D eigenvalue weighted by Gasteiger charge is -2.23. The van der Waals surface area contributed by atoms with Crippen molar-refractivity contribution in [2.75, 3.05) is 0 Å². The number of rotatable bonds is 7. The predicted molar refractivity (Wildman–Crippen MR) is 197 cm³/mol. The zero-order valence-electron chi connectivity index (χ0n) is 27.0. The first-order chi connectivity index (χ1) is 23.0. The van der Waals surface area contributed by atoms with Gasteiger partial charge in [-0.1, -0.05) is 123 Å². The summed E-state index contributed by atoms with van der Waals surface area (Å²) in [5, 5.41) is 1.12. The summed E-state index contributed by atoms with van der Waals surface area (Å²) in [5.41, 5.74) is 13.4.